The molecular formula is C15H16FN5O4S. The van der Waals surface area contributed by atoms with Crippen molar-refractivity contribution in [3.63, 3.8) is 0 Å². The molecule has 1 aliphatic rings. The monoisotopic (exact) mass is 381 g/mol. The molecule has 0 aliphatic heterocycles. The van der Waals surface area contributed by atoms with Crippen molar-refractivity contribution in [1.29, 1.82) is 5.41 Å². The molecular weight excluding hydrogens is 365 g/mol. The molecule has 1 heterocycles. The zero-order valence-corrected chi connectivity index (χ0v) is 14.3. The van der Waals surface area contributed by atoms with E-state index in [4.69, 9.17) is 10.5 Å². The standard InChI is InChI=1S/C15H16FN5O4S/c16-9-2-1-8-5-11(10(8)6-9)21(24)14(17)13-15(20-25-19-13)26-4-3-18-12(23)7-22/h1-2,6,11,17,22,24H,3-5,7H2,(H,18,23)/t11-/m0/s1. The van der Waals surface area contributed by atoms with Crippen LogP contribution < -0.4 is 5.32 Å². The van der Waals surface area contributed by atoms with Crippen molar-refractivity contribution >= 4 is 23.5 Å². The van der Waals surface area contributed by atoms with Crippen LogP contribution in [0.25, 0.3) is 0 Å². The number of hydrogen-bond acceptors (Lipinski definition) is 8. The zero-order chi connectivity index (χ0) is 18.7. The molecule has 138 valence electrons. The molecule has 0 saturated heterocycles. The molecule has 11 heteroatoms. The van der Waals surface area contributed by atoms with Crippen LogP contribution in [0, 0.1) is 11.2 Å². The molecule has 2 aromatic rings. The van der Waals surface area contributed by atoms with Crippen LogP contribution in [-0.2, 0) is 11.2 Å². The van der Waals surface area contributed by atoms with Gasteiger partial charge in [0, 0.05) is 12.3 Å². The first kappa shape index (κ1) is 18.3. The van der Waals surface area contributed by atoms with E-state index < -0.39 is 24.4 Å². The molecule has 0 radical (unpaired) electrons. The van der Waals surface area contributed by atoms with Crippen LogP contribution >= 0.6 is 11.8 Å². The van der Waals surface area contributed by atoms with Gasteiger partial charge in [-0.1, -0.05) is 17.8 Å². The van der Waals surface area contributed by atoms with Gasteiger partial charge in [-0.05, 0) is 40.0 Å². The number of nitrogens with zero attached hydrogens (tertiary/aromatic N) is 3. The summed E-state index contributed by atoms with van der Waals surface area (Å²) in [5.74, 6) is -0.802. The largest absolute Gasteiger partial charge is 0.387 e. The molecule has 3 rings (SSSR count). The van der Waals surface area contributed by atoms with E-state index in [-0.39, 0.29) is 23.1 Å². The van der Waals surface area contributed by atoms with Crippen molar-refractivity contribution < 1.29 is 24.1 Å². The smallest absolute Gasteiger partial charge is 0.245 e. The van der Waals surface area contributed by atoms with Crippen LogP contribution in [0.2, 0.25) is 0 Å². The Morgan fingerprint density at radius 1 is 1.50 bits per heavy atom. The quantitative estimate of drug-likeness (QED) is 0.181. The van der Waals surface area contributed by atoms with Crippen LogP contribution in [0.3, 0.4) is 0 Å². The summed E-state index contributed by atoms with van der Waals surface area (Å²) in [4.78, 5) is 11.0. The van der Waals surface area contributed by atoms with E-state index in [9.17, 15) is 14.4 Å². The lowest BCUT2D eigenvalue weighted by atomic mass is 9.83. The number of hydroxylamine groups is 2. The van der Waals surface area contributed by atoms with Gasteiger partial charge in [-0.2, -0.15) is 0 Å². The van der Waals surface area contributed by atoms with Crippen molar-refractivity contribution in [2.45, 2.75) is 17.5 Å². The maximum absolute atomic E-state index is 13.4. The number of aliphatic hydroxyl groups is 1. The van der Waals surface area contributed by atoms with Gasteiger partial charge >= 0.3 is 0 Å². The number of thioether (sulfide) groups is 1. The van der Waals surface area contributed by atoms with Crippen molar-refractivity contribution in [1.82, 2.24) is 20.7 Å². The van der Waals surface area contributed by atoms with Gasteiger partial charge in [0.05, 0.1) is 6.04 Å². The lowest BCUT2D eigenvalue weighted by molar-refractivity contribution is -0.123. The number of rotatable bonds is 7. The molecule has 0 saturated carbocycles. The zero-order valence-electron chi connectivity index (χ0n) is 13.5. The summed E-state index contributed by atoms with van der Waals surface area (Å²) >= 11 is 1.17. The van der Waals surface area contributed by atoms with Gasteiger partial charge in [-0.3, -0.25) is 15.4 Å². The maximum atomic E-state index is 13.4. The minimum absolute atomic E-state index is 0.0517. The molecule has 1 aromatic heterocycles. The second kappa shape index (κ2) is 7.81. The summed E-state index contributed by atoms with van der Waals surface area (Å²) in [6.45, 7) is -0.309. The van der Waals surface area contributed by atoms with Gasteiger partial charge in [0.25, 0.3) is 0 Å². The van der Waals surface area contributed by atoms with E-state index >= 15 is 0 Å². The molecule has 0 bridgehead atoms. The lowest BCUT2D eigenvalue weighted by Crippen LogP contribution is -2.38. The van der Waals surface area contributed by atoms with E-state index in [1.807, 2.05) is 0 Å². The first-order chi connectivity index (χ1) is 12.5. The van der Waals surface area contributed by atoms with E-state index in [2.05, 4.69) is 20.3 Å². The summed E-state index contributed by atoms with van der Waals surface area (Å²) in [6, 6.07) is 3.80. The Morgan fingerprint density at radius 2 is 2.31 bits per heavy atom. The second-order valence-corrected chi connectivity index (χ2v) is 6.61. The summed E-state index contributed by atoms with van der Waals surface area (Å²) in [5, 5.41) is 37.9. The Hall–Kier alpha value is -2.50. The fourth-order valence-electron chi connectivity index (χ4n) is 2.55. The van der Waals surface area contributed by atoms with Crippen LogP contribution in [0.15, 0.2) is 27.9 Å². The van der Waals surface area contributed by atoms with E-state index in [0.29, 0.717) is 17.7 Å². The van der Waals surface area contributed by atoms with Crippen LogP contribution in [0.4, 0.5) is 4.39 Å². The maximum Gasteiger partial charge on any atom is 0.245 e. The first-order valence-corrected chi connectivity index (χ1v) is 8.68. The van der Waals surface area contributed by atoms with Crippen LogP contribution in [-0.4, -0.2) is 56.3 Å². The third-order valence-corrected chi connectivity index (χ3v) is 4.84. The Kier molecular flexibility index (Phi) is 5.49. The topological polar surface area (TPSA) is 136 Å². The molecule has 0 unspecified atom stereocenters. The normalized spacial score (nSPS) is 15.1. The molecule has 1 amide bonds. The Morgan fingerprint density at radius 3 is 3.08 bits per heavy atom. The number of carbonyl (C=O) groups excluding carboxylic acids is 1. The Bertz CT molecular complexity index is 830. The number of halogens is 1. The highest BCUT2D eigenvalue weighted by molar-refractivity contribution is 7.99. The van der Waals surface area contributed by atoms with Gasteiger partial charge in [0.15, 0.2) is 16.6 Å². The van der Waals surface area contributed by atoms with E-state index in [1.54, 1.807) is 6.07 Å². The fourth-order valence-corrected chi connectivity index (χ4v) is 3.30. The highest BCUT2D eigenvalue weighted by atomic mass is 32.2. The van der Waals surface area contributed by atoms with Crippen LogP contribution in [0.1, 0.15) is 22.9 Å². The summed E-state index contributed by atoms with van der Waals surface area (Å²) < 4.78 is 18.0. The molecule has 1 atom stereocenters. The fraction of sp³-hybridized carbons (Fsp3) is 0.333. The van der Waals surface area contributed by atoms with Crippen molar-refractivity contribution in [3.8, 4) is 0 Å². The minimum Gasteiger partial charge on any atom is -0.387 e. The van der Waals surface area contributed by atoms with E-state index in [1.165, 1.54) is 23.9 Å². The highest BCUT2D eigenvalue weighted by Crippen LogP contribution is 2.38. The number of amidine groups is 1. The lowest BCUT2D eigenvalue weighted by Gasteiger charge is -2.36. The number of aromatic nitrogens is 2. The number of fused-ring (bicyclic) bond motifs is 1. The molecule has 0 spiro atoms. The summed E-state index contributed by atoms with van der Waals surface area (Å²) in [7, 11) is 0. The Labute approximate surface area is 151 Å². The third kappa shape index (κ3) is 3.69. The summed E-state index contributed by atoms with van der Waals surface area (Å²) in [5.41, 5.74) is 1.58. The third-order valence-electron chi connectivity index (χ3n) is 3.89. The number of hydrogen-bond donors (Lipinski definition) is 4. The van der Waals surface area contributed by atoms with Crippen LogP contribution in [0.5, 0.6) is 0 Å². The number of benzene rings is 1. The number of nitrogens with one attached hydrogen (secondary N) is 2. The van der Waals surface area contributed by atoms with Crippen molar-refractivity contribution in [3.05, 3.63) is 40.8 Å². The molecule has 0 fully saturated rings. The van der Waals surface area contributed by atoms with Gasteiger partial charge in [0.1, 0.15) is 12.4 Å². The Balaban J connectivity index is 1.62. The number of amides is 1. The molecule has 1 aromatic carbocycles. The van der Waals surface area contributed by atoms with Crippen molar-refractivity contribution in [2.24, 2.45) is 0 Å². The van der Waals surface area contributed by atoms with Gasteiger partial charge < -0.3 is 10.4 Å². The first-order valence-electron chi connectivity index (χ1n) is 7.69. The molecule has 9 nitrogen and oxygen atoms in total. The molecule has 1 aliphatic carbocycles. The summed E-state index contributed by atoms with van der Waals surface area (Å²) in [6.07, 6.45) is 0.482. The van der Waals surface area contributed by atoms with Gasteiger partial charge in [0.2, 0.25) is 5.91 Å². The second-order valence-electron chi connectivity index (χ2n) is 5.53. The van der Waals surface area contributed by atoms with E-state index in [0.717, 1.165) is 10.6 Å². The predicted octanol–water partition coefficient (Wildman–Crippen LogP) is 0.723. The molecule has 4 N–H and O–H groups in total. The average Bonchev–Trinajstić information content (AvgIpc) is 3.08. The van der Waals surface area contributed by atoms with Gasteiger partial charge in [-0.25, -0.2) is 14.1 Å². The van der Waals surface area contributed by atoms with Gasteiger partial charge in [-0.15, -0.1) is 0 Å². The predicted molar refractivity (Wildman–Crippen MR) is 88.4 cm³/mol. The number of carbonyl (C=O) groups is 1. The average molecular weight is 381 g/mol. The SMILES string of the molecule is N=C(c1nonc1SCCNC(=O)CO)N(O)[C@H]1Cc2ccc(F)cc21. The van der Waals surface area contributed by atoms with Crippen molar-refractivity contribution in [2.75, 3.05) is 18.9 Å². The minimum atomic E-state index is -0.588. The number of aliphatic hydroxyl groups excluding tert-OH is 1. The molecule has 26 heavy (non-hydrogen) atoms. The highest BCUT2D eigenvalue weighted by Gasteiger charge is 2.35.